The number of benzene rings is 1. The lowest BCUT2D eigenvalue weighted by molar-refractivity contribution is 0.410. The Kier molecular flexibility index (Phi) is 4.64. The minimum Gasteiger partial charge on any atom is -0.496 e. The van der Waals surface area contributed by atoms with Gasteiger partial charge in [0.25, 0.3) is 0 Å². The van der Waals surface area contributed by atoms with Crippen LogP contribution in [-0.2, 0) is 6.42 Å². The van der Waals surface area contributed by atoms with Crippen molar-refractivity contribution in [3.05, 3.63) is 29.8 Å². The molecule has 1 heterocycles. The van der Waals surface area contributed by atoms with Crippen LogP contribution in [0.4, 0.5) is 0 Å². The van der Waals surface area contributed by atoms with E-state index in [-0.39, 0.29) is 5.41 Å². The van der Waals surface area contributed by atoms with Gasteiger partial charge in [-0.2, -0.15) is 0 Å². The van der Waals surface area contributed by atoms with Gasteiger partial charge in [-0.25, -0.2) is 4.99 Å². The van der Waals surface area contributed by atoms with Gasteiger partial charge in [-0.1, -0.05) is 43.8 Å². The van der Waals surface area contributed by atoms with Crippen molar-refractivity contribution in [2.45, 2.75) is 20.3 Å². The first kappa shape index (κ1) is 14.1. The Labute approximate surface area is 119 Å². The Morgan fingerprint density at radius 2 is 2.16 bits per heavy atom. The summed E-state index contributed by atoms with van der Waals surface area (Å²) in [6, 6.07) is 8.08. The van der Waals surface area contributed by atoms with Crippen LogP contribution in [0.15, 0.2) is 34.3 Å². The quantitative estimate of drug-likeness (QED) is 0.844. The number of ether oxygens (including phenoxy) is 1. The minimum atomic E-state index is 0.187. The Morgan fingerprint density at radius 3 is 2.84 bits per heavy atom. The van der Waals surface area contributed by atoms with Crippen LogP contribution in [0.25, 0.3) is 0 Å². The van der Waals surface area contributed by atoms with Gasteiger partial charge < -0.3 is 4.74 Å². The third-order valence-electron chi connectivity index (χ3n) is 2.92. The lowest BCUT2D eigenvalue weighted by Gasteiger charge is -2.22. The molecule has 1 aromatic carbocycles. The zero-order chi connectivity index (χ0) is 13.7. The summed E-state index contributed by atoms with van der Waals surface area (Å²) in [6.07, 6.45) is 2.89. The number of nitrogens with zero attached hydrogens (tertiary/aromatic N) is 2. The average molecular weight is 276 g/mol. The maximum atomic E-state index is 5.33. The molecule has 1 aliphatic heterocycles. The van der Waals surface area contributed by atoms with Gasteiger partial charge >= 0.3 is 0 Å². The van der Waals surface area contributed by atoms with Crippen LogP contribution in [0, 0.1) is 5.41 Å². The molecule has 1 aliphatic rings. The van der Waals surface area contributed by atoms with Crippen LogP contribution in [-0.4, -0.2) is 30.8 Å². The molecule has 0 fully saturated rings. The van der Waals surface area contributed by atoms with Crippen LogP contribution in [0.3, 0.4) is 0 Å². The van der Waals surface area contributed by atoms with Crippen LogP contribution in [0.5, 0.6) is 5.75 Å². The van der Waals surface area contributed by atoms with Crippen LogP contribution in [0.1, 0.15) is 19.4 Å². The van der Waals surface area contributed by atoms with Crippen LogP contribution in [0.2, 0.25) is 0 Å². The van der Waals surface area contributed by atoms with Crippen LogP contribution >= 0.6 is 11.8 Å². The number of rotatable bonds is 4. The zero-order valence-corrected chi connectivity index (χ0v) is 12.5. The molecule has 102 valence electrons. The maximum absolute atomic E-state index is 5.33. The standard InChI is InChI=1S/C15H20N2OS/c1-15(2)10-17-14(19-11-15)16-9-8-12-6-4-5-7-13(12)18-3/h4-7,10H,8-9,11H2,1-3H3/b16-14-. The van der Waals surface area contributed by atoms with Crippen molar-refractivity contribution in [2.75, 3.05) is 19.4 Å². The number of aliphatic imine (C=N–C) groups is 2. The van der Waals surface area contributed by atoms with Crippen molar-refractivity contribution in [3.63, 3.8) is 0 Å². The Hall–Kier alpha value is -1.29. The van der Waals surface area contributed by atoms with E-state index in [1.807, 2.05) is 24.4 Å². The molecule has 0 atom stereocenters. The van der Waals surface area contributed by atoms with E-state index in [2.05, 4.69) is 29.9 Å². The van der Waals surface area contributed by atoms with E-state index in [4.69, 9.17) is 4.74 Å². The Morgan fingerprint density at radius 1 is 1.37 bits per heavy atom. The molecule has 0 saturated heterocycles. The highest BCUT2D eigenvalue weighted by Gasteiger charge is 2.20. The van der Waals surface area contributed by atoms with Gasteiger partial charge in [-0.15, -0.1) is 0 Å². The van der Waals surface area contributed by atoms with E-state index in [1.165, 1.54) is 5.56 Å². The summed E-state index contributed by atoms with van der Waals surface area (Å²) in [4.78, 5) is 8.96. The van der Waals surface area contributed by atoms with Gasteiger partial charge in [0.1, 0.15) is 5.75 Å². The predicted octanol–water partition coefficient (Wildman–Crippen LogP) is 3.44. The van der Waals surface area contributed by atoms with E-state index in [0.717, 1.165) is 29.6 Å². The number of hydrogen-bond acceptors (Lipinski definition) is 3. The largest absolute Gasteiger partial charge is 0.496 e. The van der Waals surface area contributed by atoms with Crippen molar-refractivity contribution in [1.82, 2.24) is 0 Å². The predicted molar refractivity (Wildman–Crippen MR) is 83.7 cm³/mol. The first-order chi connectivity index (χ1) is 9.11. The number of para-hydroxylation sites is 1. The van der Waals surface area contributed by atoms with Gasteiger partial charge in [0.15, 0.2) is 5.17 Å². The Balaban J connectivity index is 1.93. The van der Waals surface area contributed by atoms with Crippen LogP contribution < -0.4 is 4.74 Å². The summed E-state index contributed by atoms with van der Waals surface area (Å²) in [5, 5.41) is 0.897. The molecule has 0 aromatic heterocycles. The van der Waals surface area contributed by atoms with Gasteiger partial charge in [0, 0.05) is 23.9 Å². The average Bonchev–Trinajstić information content (AvgIpc) is 2.41. The summed E-state index contributed by atoms with van der Waals surface area (Å²) in [6.45, 7) is 5.13. The van der Waals surface area contributed by atoms with E-state index >= 15 is 0 Å². The topological polar surface area (TPSA) is 34.0 Å². The van der Waals surface area contributed by atoms with Crippen molar-refractivity contribution < 1.29 is 4.74 Å². The van der Waals surface area contributed by atoms with Gasteiger partial charge in [0.2, 0.25) is 0 Å². The highest BCUT2D eigenvalue weighted by molar-refractivity contribution is 8.14. The third kappa shape index (κ3) is 4.10. The molecular weight excluding hydrogens is 256 g/mol. The zero-order valence-electron chi connectivity index (χ0n) is 11.7. The molecule has 4 heteroatoms. The molecule has 0 N–H and O–H groups in total. The molecular formula is C15H20N2OS. The number of methoxy groups -OCH3 is 1. The molecule has 0 radical (unpaired) electrons. The monoisotopic (exact) mass is 276 g/mol. The van der Waals surface area contributed by atoms with Crippen molar-refractivity contribution in [1.29, 1.82) is 0 Å². The van der Waals surface area contributed by atoms with E-state index in [0.29, 0.717) is 0 Å². The molecule has 0 saturated carbocycles. The number of amidine groups is 1. The first-order valence-electron chi connectivity index (χ1n) is 6.45. The van der Waals surface area contributed by atoms with Crippen molar-refractivity contribution in [3.8, 4) is 5.75 Å². The molecule has 0 unspecified atom stereocenters. The van der Waals surface area contributed by atoms with E-state index in [9.17, 15) is 0 Å². The molecule has 0 aliphatic carbocycles. The molecule has 19 heavy (non-hydrogen) atoms. The summed E-state index contributed by atoms with van der Waals surface area (Å²) in [5.41, 5.74) is 1.38. The SMILES string of the molecule is COc1ccccc1CC/N=C1/N=CC(C)(C)CS1. The summed E-state index contributed by atoms with van der Waals surface area (Å²) < 4.78 is 5.33. The smallest absolute Gasteiger partial charge is 0.182 e. The molecule has 2 rings (SSSR count). The van der Waals surface area contributed by atoms with E-state index < -0.39 is 0 Å². The summed E-state index contributed by atoms with van der Waals surface area (Å²) in [5.74, 6) is 1.98. The van der Waals surface area contributed by atoms with Gasteiger partial charge in [0.05, 0.1) is 7.11 Å². The fourth-order valence-corrected chi connectivity index (χ4v) is 2.71. The third-order valence-corrected chi connectivity index (χ3v) is 4.30. The van der Waals surface area contributed by atoms with Crippen molar-refractivity contribution >= 4 is 23.1 Å². The second-order valence-electron chi connectivity index (χ2n) is 5.26. The maximum Gasteiger partial charge on any atom is 0.182 e. The lowest BCUT2D eigenvalue weighted by atomic mass is 9.99. The molecule has 0 bridgehead atoms. The molecule has 0 spiro atoms. The number of thioether (sulfide) groups is 1. The lowest BCUT2D eigenvalue weighted by Crippen LogP contribution is -2.22. The van der Waals surface area contributed by atoms with Gasteiger partial charge in [-0.3, -0.25) is 4.99 Å². The fourth-order valence-electron chi connectivity index (χ4n) is 1.82. The first-order valence-corrected chi connectivity index (χ1v) is 7.44. The number of hydrogen-bond donors (Lipinski definition) is 0. The normalized spacial score (nSPS) is 19.6. The van der Waals surface area contributed by atoms with Crippen molar-refractivity contribution in [2.24, 2.45) is 15.4 Å². The fraction of sp³-hybridized carbons (Fsp3) is 0.467. The second-order valence-corrected chi connectivity index (χ2v) is 6.20. The van der Waals surface area contributed by atoms with Gasteiger partial charge in [-0.05, 0) is 18.1 Å². The minimum absolute atomic E-state index is 0.187. The highest BCUT2D eigenvalue weighted by atomic mass is 32.2. The summed E-state index contributed by atoms with van der Waals surface area (Å²) in [7, 11) is 1.70. The molecule has 0 amide bonds. The molecule has 3 nitrogen and oxygen atoms in total. The highest BCUT2D eigenvalue weighted by Crippen LogP contribution is 2.25. The second kappa shape index (κ2) is 6.24. The molecule has 1 aromatic rings. The van der Waals surface area contributed by atoms with E-state index in [1.54, 1.807) is 18.9 Å². The summed E-state index contributed by atoms with van der Waals surface area (Å²) >= 11 is 1.74. The Bertz CT molecular complexity index is 495.